The number of halogens is 1. The van der Waals surface area contributed by atoms with Gasteiger partial charge in [-0.05, 0) is 105 Å². The van der Waals surface area contributed by atoms with Gasteiger partial charge < -0.3 is 14.4 Å². The molecule has 0 saturated heterocycles. The Hall–Kier alpha value is -2.60. The first kappa shape index (κ1) is 32.3. The molecule has 0 unspecified atom stereocenters. The van der Waals surface area contributed by atoms with Crippen molar-refractivity contribution in [2.24, 2.45) is 11.8 Å². The Morgan fingerprint density at radius 1 is 1.16 bits per heavy atom. The van der Waals surface area contributed by atoms with E-state index in [1.165, 1.54) is 11.1 Å². The lowest BCUT2D eigenvalue weighted by Gasteiger charge is -2.46. The average molecular weight is 677 g/mol. The summed E-state index contributed by atoms with van der Waals surface area (Å²) in [7, 11) is -5.21. The predicted octanol–water partition coefficient (Wildman–Crippen LogP) is 4.63. The van der Waals surface area contributed by atoms with Crippen molar-refractivity contribution in [2.45, 2.75) is 68.1 Å². The third-order valence-electron chi connectivity index (χ3n) is 10.2. The third kappa shape index (κ3) is 6.77. The smallest absolute Gasteiger partial charge is 0.264 e. The van der Waals surface area contributed by atoms with Crippen LogP contribution in [-0.2, 0) is 37.3 Å². The number of ether oxygens (including phenoxy) is 2. The van der Waals surface area contributed by atoms with Crippen molar-refractivity contribution in [3.8, 4) is 5.75 Å². The Labute approximate surface area is 272 Å². The molecule has 0 aromatic heterocycles. The monoisotopic (exact) mass is 676 g/mol. The molecule has 2 aromatic carbocycles. The van der Waals surface area contributed by atoms with E-state index in [2.05, 4.69) is 21.8 Å². The molecule has 0 radical (unpaired) electrons. The quantitative estimate of drug-likeness (QED) is 0.356. The highest BCUT2D eigenvalue weighted by Crippen LogP contribution is 2.47. The fourth-order valence-corrected chi connectivity index (χ4v) is 9.99. The van der Waals surface area contributed by atoms with Crippen molar-refractivity contribution >= 4 is 43.9 Å². The minimum Gasteiger partial charge on any atom is -0.490 e. The summed E-state index contributed by atoms with van der Waals surface area (Å²) in [6, 6.07) is 11.2. The SMILES string of the molecule is CO[C@H]1/C=C/CC[C@@H](CC[SH](=O)=O)S(=O)(=O)NC(=O)c2ccc3c(c2)N(C[C@@H]2CC[C@H]21)C[C@@]1(CCCc2cc(Cl)ccc21)CO3. The van der Waals surface area contributed by atoms with Gasteiger partial charge in [0.1, 0.15) is 16.5 Å². The summed E-state index contributed by atoms with van der Waals surface area (Å²) in [4.78, 5) is 15.8. The van der Waals surface area contributed by atoms with Crippen molar-refractivity contribution in [1.29, 1.82) is 0 Å². The number of aryl methyl sites for hydroxylation is 1. The van der Waals surface area contributed by atoms with Crippen LogP contribution >= 0.6 is 11.6 Å². The molecule has 9 nitrogen and oxygen atoms in total. The van der Waals surface area contributed by atoms with Gasteiger partial charge in [-0.1, -0.05) is 29.8 Å². The molecule has 2 bridgehead atoms. The van der Waals surface area contributed by atoms with Crippen LogP contribution in [0.25, 0.3) is 0 Å². The molecule has 1 N–H and O–H groups in total. The Morgan fingerprint density at radius 2 is 2.00 bits per heavy atom. The number of amides is 1. The molecule has 2 aromatic rings. The number of nitrogens with zero attached hydrogens (tertiary/aromatic N) is 1. The molecule has 2 heterocycles. The minimum absolute atomic E-state index is 0.0891. The van der Waals surface area contributed by atoms with Gasteiger partial charge in [0.15, 0.2) is 0 Å². The minimum atomic E-state index is -4.16. The normalized spacial score (nSPS) is 30.3. The number of benzene rings is 2. The molecule has 2 aliphatic heterocycles. The second-order valence-corrected chi connectivity index (χ2v) is 16.4. The number of sulfonamides is 1. The summed E-state index contributed by atoms with van der Waals surface area (Å²) in [5.41, 5.74) is 3.18. The predicted molar refractivity (Wildman–Crippen MR) is 176 cm³/mol. The van der Waals surface area contributed by atoms with Gasteiger partial charge in [-0.25, -0.2) is 21.6 Å². The maximum Gasteiger partial charge on any atom is 0.264 e. The number of carbonyl (C=O) groups excluding carboxylic acids is 1. The van der Waals surface area contributed by atoms with Crippen LogP contribution < -0.4 is 14.4 Å². The lowest BCUT2D eigenvalue weighted by molar-refractivity contribution is 0.0132. The summed E-state index contributed by atoms with van der Waals surface area (Å²) in [5.74, 6) is 0.281. The van der Waals surface area contributed by atoms with Crippen molar-refractivity contribution in [2.75, 3.05) is 37.5 Å². The summed E-state index contributed by atoms with van der Waals surface area (Å²) in [5, 5.41) is -0.316. The van der Waals surface area contributed by atoms with Crippen LogP contribution in [0.5, 0.6) is 5.75 Å². The molecular formula is C33H41ClN2O7S2. The number of nitrogens with one attached hydrogen (secondary N) is 1. The van der Waals surface area contributed by atoms with E-state index in [0.717, 1.165) is 49.4 Å². The first-order valence-corrected chi connectivity index (χ1v) is 19.1. The maximum atomic E-state index is 13.5. The van der Waals surface area contributed by atoms with E-state index in [1.807, 2.05) is 18.2 Å². The van der Waals surface area contributed by atoms with Crippen LogP contribution in [0.3, 0.4) is 0 Å². The molecule has 1 fully saturated rings. The van der Waals surface area contributed by atoms with Gasteiger partial charge in [0, 0.05) is 42.0 Å². The number of anilines is 1. The van der Waals surface area contributed by atoms with Gasteiger partial charge >= 0.3 is 0 Å². The second kappa shape index (κ2) is 13.3. The molecule has 45 heavy (non-hydrogen) atoms. The molecule has 1 spiro atoms. The fourth-order valence-electron chi connectivity index (χ4n) is 7.68. The van der Waals surface area contributed by atoms with E-state index >= 15 is 0 Å². The zero-order chi connectivity index (χ0) is 31.8. The zero-order valence-corrected chi connectivity index (χ0v) is 27.9. The first-order chi connectivity index (χ1) is 21.6. The second-order valence-electron chi connectivity index (χ2n) is 12.9. The number of hydrogen-bond donors (Lipinski definition) is 2. The summed E-state index contributed by atoms with van der Waals surface area (Å²) >= 11 is 6.40. The van der Waals surface area contributed by atoms with Crippen molar-refractivity contribution < 1.29 is 31.1 Å². The molecule has 5 atom stereocenters. The van der Waals surface area contributed by atoms with Crippen LogP contribution in [0, 0.1) is 11.8 Å². The number of fused-ring (bicyclic) bond motifs is 4. The molecule has 12 heteroatoms. The zero-order valence-electron chi connectivity index (χ0n) is 25.5. The van der Waals surface area contributed by atoms with Crippen LogP contribution in [-0.4, -0.2) is 66.7 Å². The Bertz CT molecular complexity index is 1650. The van der Waals surface area contributed by atoms with E-state index in [4.69, 9.17) is 21.1 Å². The summed E-state index contributed by atoms with van der Waals surface area (Å²) in [6.07, 6.45) is 9.33. The maximum absolute atomic E-state index is 13.5. The summed E-state index contributed by atoms with van der Waals surface area (Å²) in [6.45, 7) is 1.91. The van der Waals surface area contributed by atoms with E-state index in [0.29, 0.717) is 31.2 Å². The standard InChI is InChI=1S/C33H41ClN2O7S2/c1-42-30-7-3-2-6-26(14-16-44(38)39)45(40,41)35-32(37)23-9-13-31-29(18-23)36(19-24-8-11-27(24)30)20-33(21-43-31)15-4-5-22-17-25(34)10-12-28(22)33/h3,7,9-10,12-13,17-18,24,26-27,30,44H,2,4-6,8,11,14-16,19-21H2,1H3,(H,35,37)/b7-3+/t24-,26-,27+,30-,33-/m0/s1. The Kier molecular flexibility index (Phi) is 9.53. The number of thiol groups is 1. The molecule has 1 amide bonds. The van der Waals surface area contributed by atoms with Gasteiger partial charge in [-0.2, -0.15) is 0 Å². The Balaban J connectivity index is 1.40. The first-order valence-electron chi connectivity index (χ1n) is 15.8. The number of carbonyl (C=O) groups is 1. The van der Waals surface area contributed by atoms with Crippen molar-refractivity contribution in [3.05, 3.63) is 70.3 Å². The van der Waals surface area contributed by atoms with Gasteiger partial charge in [0.05, 0.1) is 23.6 Å². The van der Waals surface area contributed by atoms with Crippen molar-refractivity contribution in [1.82, 2.24) is 4.72 Å². The third-order valence-corrected chi connectivity index (χ3v) is 12.9. The highest BCUT2D eigenvalue weighted by Gasteiger charge is 2.44. The number of methoxy groups -OCH3 is 1. The molecule has 6 rings (SSSR count). The topological polar surface area (TPSA) is 119 Å². The highest BCUT2D eigenvalue weighted by molar-refractivity contribution is 7.90. The van der Waals surface area contributed by atoms with E-state index in [-0.39, 0.29) is 41.6 Å². The molecule has 4 aliphatic rings. The van der Waals surface area contributed by atoms with Gasteiger partial charge in [-0.15, -0.1) is 0 Å². The van der Waals surface area contributed by atoms with E-state index < -0.39 is 31.9 Å². The Morgan fingerprint density at radius 3 is 2.76 bits per heavy atom. The van der Waals surface area contributed by atoms with Crippen LogP contribution in [0.2, 0.25) is 5.02 Å². The molecule has 244 valence electrons. The lowest BCUT2D eigenvalue weighted by Crippen LogP contribution is -2.49. The van der Waals surface area contributed by atoms with E-state index in [1.54, 1.807) is 25.3 Å². The lowest BCUT2D eigenvalue weighted by atomic mass is 9.68. The summed E-state index contributed by atoms with van der Waals surface area (Å²) < 4.78 is 64.2. The van der Waals surface area contributed by atoms with Gasteiger partial charge in [-0.3, -0.25) is 4.79 Å². The highest BCUT2D eigenvalue weighted by atomic mass is 35.5. The van der Waals surface area contributed by atoms with Crippen LogP contribution in [0.15, 0.2) is 48.6 Å². The molecule has 2 aliphatic carbocycles. The van der Waals surface area contributed by atoms with Gasteiger partial charge in [0.2, 0.25) is 10.0 Å². The average Bonchev–Trinajstić information content (AvgIpc) is 3.14. The van der Waals surface area contributed by atoms with Gasteiger partial charge in [0.25, 0.3) is 5.91 Å². The number of allylic oxidation sites excluding steroid dienone is 1. The number of rotatable bonds is 4. The largest absolute Gasteiger partial charge is 0.490 e. The van der Waals surface area contributed by atoms with Crippen molar-refractivity contribution in [3.63, 3.8) is 0 Å². The van der Waals surface area contributed by atoms with Crippen LogP contribution in [0.4, 0.5) is 5.69 Å². The molecular weight excluding hydrogens is 636 g/mol. The van der Waals surface area contributed by atoms with Crippen LogP contribution in [0.1, 0.15) is 66.4 Å². The van der Waals surface area contributed by atoms with E-state index in [9.17, 15) is 21.6 Å². The number of hydrogen-bond acceptors (Lipinski definition) is 8. The molecule has 1 saturated carbocycles. The fraction of sp³-hybridized carbons (Fsp3) is 0.545.